The summed E-state index contributed by atoms with van der Waals surface area (Å²) in [6, 6.07) is -1.99. The molecule has 3 atom stereocenters. The maximum absolute atomic E-state index is 13.0. The topological polar surface area (TPSA) is 52.6 Å². The van der Waals surface area contributed by atoms with E-state index in [2.05, 4.69) is 5.32 Å². The zero-order valence-corrected chi connectivity index (χ0v) is 12.2. The van der Waals surface area contributed by atoms with Gasteiger partial charge in [0.1, 0.15) is 6.04 Å². The van der Waals surface area contributed by atoms with Gasteiger partial charge in [0.25, 0.3) is 0 Å². The molecule has 3 unspecified atom stereocenters. The minimum Gasteiger partial charge on any atom is -0.393 e. The number of carbonyl (C=O) groups excluding carboxylic acids is 1. The number of nitrogens with one attached hydrogen (secondary N) is 1. The zero-order chi connectivity index (χ0) is 15.6. The minimum atomic E-state index is -4.41. The Morgan fingerprint density at radius 2 is 2.05 bits per heavy atom. The van der Waals surface area contributed by atoms with Crippen LogP contribution in [0.25, 0.3) is 0 Å². The molecule has 122 valence electrons. The van der Waals surface area contributed by atoms with Crippen LogP contribution in [0.3, 0.4) is 0 Å². The SMILES string of the molecule is CC(O)CC1CCCN1C(=O)CC(NC1CC1)C(F)(F)F. The van der Waals surface area contributed by atoms with Gasteiger partial charge in [0.2, 0.25) is 5.91 Å². The molecule has 4 nitrogen and oxygen atoms in total. The molecule has 1 aliphatic carbocycles. The molecular weight excluding hydrogens is 285 g/mol. The van der Waals surface area contributed by atoms with E-state index >= 15 is 0 Å². The van der Waals surface area contributed by atoms with Crippen molar-refractivity contribution in [3.63, 3.8) is 0 Å². The van der Waals surface area contributed by atoms with Crippen molar-refractivity contribution in [3.8, 4) is 0 Å². The van der Waals surface area contributed by atoms with E-state index in [1.54, 1.807) is 6.92 Å². The summed E-state index contributed by atoms with van der Waals surface area (Å²) in [6.45, 7) is 2.12. The molecule has 2 fully saturated rings. The molecule has 1 heterocycles. The molecule has 0 aromatic heterocycles. The number of amides is 1. The molecule has 7 heteroatoms. The molecule has 2 rings (SSSR count). The first-order chi connectivity index (χ1) is 9.77. The number of halogens is 3. The molecule has 0 spiro atoms. The van der Waals surface area contributed by atoms with Crippen molar-refractivity contribution in [1.82, 2.24) is 10.2 Å². The monoisotopic (exact) mass is 308 g/mol. The molecule has 0 radical (unpaired) electrons. The van der Waals surface area contributed by atoms with Crippen LogP contribution in [0.5, 0.6) is 0 Å². The van der Waals surface area contributed by atoms with Crippen LogP contribution in [-0.4, -0.2) is 52.9 Å². The fourth-order valence-electron chi connectivity index (χ4n) is 2.90. The van der Waals surface area contributed by atoms with E-state index in [1.165, 1.54) is 4.90 Å². The molecule has 1 amide bonds. The summed E-state index contributed by atoms with van der Waals surface area (Å²) in [6.07, 6.45) is -2.04. The minimum absolute atomic E-state index is 0.101. The predicted octanol–water partition coefficient (Wildman–Crippen LogP) is 1.82. The van der Waals surface area contributed by atoms with Crippen molar-refractivity contribution in [2.45, 2.75) is 75.9 Å². The first-order valence-corrected chi connectivity index (χ1v) is 7.57. The Kier molecular flexibility index (Phi) is 5.14. The van der Waals surface area contributed by atoms with Gasteiger partial charge in [-0.25, -0.2) is 0 Å². The summed E-state index contributed by atoms with van der Waals surface area (Å²) in [5.41, 5.74) is 0. The van der Waals surface area contributed by atoms with Crippen molar-refractivity contribution in [1.29, 1.82) is 0 Å². The Balaban J connectivity index is 1.93. The van der Waals surface area contributed by atoms with Crippen LogP contribution in [0, 0.1) is 0 Å². The van der Waals surface area contributed by atoms with Gasteiger partial charge in [-0.05, 0) is 39.0 Å². The van der Waals surface area contributed by atoms with Gasteiger partial charge in [-0.1, -0.05) is 0 Å². The van der Waals surface area contributed by atoms with Gasteiger partial charge in [-0.15, -0.1) is 0 Å². The van der Waals surface area contributed by atoms with Crippen LogP contribution < -0.4 is 5.32 Å². The van der Waals surface area contributed by atoms with Gasteiger partial charge >= 0.3 is 6.18 Å². The number of likely N-dealkylation sites (tertiary alicyclic amines) is 1. The van der Waals surface area contributed by atoms with Crippen LogP contribution in [0.1, 0.15) is 45.4 Å². The standard InChI is InChI=1S/C14H23F3N2O2/c1-9(20)7-11-3-2-6-19(11)13(21)8-12(14(15,16)17)18-10-4-5-10/h9-12,18,20H,2-8H2,1H3. The zero-order valence-electron chi connectivity index (χ0n) is 12.2. The van der Waals surface area contributed by atoms with Crippen LogP contribution >= 0.6 is 0 Å². The number of nitrogens with zero attached hydrogens (tertiary/aromatic N) is 1. The Hall–Kier alpha value is -0.820. The molecule has 0 aromatic carbocycles. The lowest BCUT2D eigenvalue weighted by atomic mass is 10.1. The van der Waals surface area contributed by atoms with Crippen LogP contribution in [0.4, 0.5) is 13.2 Å². The summed E-state index contributed by atoms with van der Waals surface area (Å²) >= 11 is 0. The molecule has 1 saturated heterocycles. The highest BCUT2D eigenvalue weighted by Gasteiger charge is 2.44. The van der Waals surface area contributed by atoms with Crippen LogP contribution in [0.2, 0.25) is 0 Å². The van der Waals surface area contributed by atoms with E-state index in [9.17, 15) is 23.1 Å². The fourth-order valence-corrected chi connectivity index (χ4v) is 2.90. The maximum Gasteiger partial charge on any atom is 0.404 e. The number of aliphatic hydroxyl groups excluding tert-OH is 1. The second-order valence-electron chi connectivity index (χ2n) is 6.21. The fraction of sp³-hybridized carbons (Fsp3) is 0.929. The second kappa shape index (κ2) is 6.52. The first-order valence-electron chi connectivity index (χ1n) is 7.57. The molecular formula is C14H23F3N2O2. The third-order valence-electron chi connectivity index (χ3n) is 4.10. The van der Waals surface area contributed by atoms with Gasteiger partial charge in [0, 0.05) is 18.6 Å². The molecule has 1 saturated carbocycles. The van der Waals surface area contributed by atoms with E-state index in [-0.39, 0.29) is 12.1 Å². The Bertz CT molecular complexity index is 370. The molecule has 21 heavy (non-hydrogen) atoms. The summed E-state index contributed by atoms with van der Waals surface area (Å²) in [4.78, 5) is 13.7. The van der Waals surface area contributed by atoms with E-state index < -0.39 is 30.7 Å². The summed E-state index contributed by atoms with van der Waals surface area (Å²) < 4.78 is 39.0. The van der Waals surface area contributed by atoms with Crippen molar-refractivity contribution in [3.05, 3.63) is 0 Å². The van der Waals surface area contributed by atoms with Crippen LogP contribution in [-0.2, 0) is 4.79 Å². The predicted molar refractivity (Wildman–Crippen MR) is 71.7 cm³/mol. The summed E-state index contributed by atoms with van der Waals surface area (Å²) in [5.74, 6) is -0.464. The van der Waals surface area contributed by atoms with E-state index in [0.29, 0.717) is 13.0 Å². The van der Waals surface area contributed by atoms with Gasteiger partial charge in [-0.2, -0.15) is 13.2 Å². The lowest BCUT2D eigenvalue weighted by Gasteiger charge is -2.28. The Morgan fingerprint density at radius 1 is 1.38 bits per heavy atom. The number of hydrogen-bond acceptors (Lipinski definition) is 3. The highest BCUT2D eigenvalue weighted by atomic mass is 19.4. The van der Waals surface area contributed by atoms with Crippen molar-refractivity contribution in [2.75, 3.05) is 6.54 Å². The average molecular weight is 308 g/mol. The van der Waals surface area contributed by atoms with Gasteiger partial charge in [0.15, 0.2) is 0 Å². The molecule has 0 aromatic rings. The number of rotatable bonds is 6. The third kappa shape index (κ3) is 4.85. The highest BCUT2D eigenvalue weighted by Crippen LogP contribution is 2.30. The Morgan fingerprint density at radius 3 is 2.57 bits per heavy atom. The molecule has 1 aliphatic heterocycles. The van der Waals surface area contributed by atoms with Crippen molar-refractivity contribution in [2.24, 2.45) is 0 Å². The number of hydrogen-bond donors (Lipinski definition) is 2. The van der Waals surface area contributed by atoms with Gasteiger partial charge in [-0.3, -0.25) is 4.79 Å². The van der Waals surface area contributed by atoms with Crippen molar-refractivity contribution < 1.29 is 23.1 Å². The number of aliphatic hydroxyl groups is 1. The molecule has 2 aliphatic rings. The van der Waals surface area contributed by atoms with Gasteiger partial charge in [0.05, 0.1) is 12.5 Å². The molecule has 2 N–H and O–H groups in total. The maximum atomic E-state index is 13.0. The average Bonchev–Trinajstić information content (AvgIpc) is 3.04. The summed E-state index contributed by atoms with van der Waals surface area (Å²) in [5, 5.41) is 11.9. The highest BCUT2D eigenvalue weighted by molar-refractivity contribution is 5.77. The Labute approximate surface area is 122 Å². The normalized spacial score (nSPS) is 26.0. The van der Waals surface area contributed by atoms with Crippen LogP contribution in [0.15, 0.2) is 0 Å². The largest absolute Gasteiger partial charge is 0.404 e. The third-order valence-corrected chi connectivity index (χ3v) is 4.10. The lowest BCUT2D eigenvalue weighted by molar-refractivity contribution is -0.165. The second-order valence-corrected chi connectivity index (χ2v) is 6.21. The van der Waals surface area contributed by atoms with Gasteiger partial charge < -0.3 is 15.3 Å². The first kappa shape index (κ1) is 16.5. The lowest BCUT2D eigenvalue weighted by Crippen LogP contribution is -2.48. The number of carbonyl (C=O) groups is 1. The smallest absolute Gasteiger partial charge is 0.393 e. The van der Waals surface area contributed by atoms with E-state index in [1.807, 2.05) is 0 Å². The van der Waals surface area contributed by atoms with E-state index in [4.69, 9.17) is 0 Å². The molecule has 0 bridgehead atoms. The summed E-state index contributed by atoms with van der Waals surface area (Å²) in [7, 11) is 0. The quantitative estimate of drug-likeness (QED) is 0.787. The number of alkyl halides is 3. The van der Waals surface area contributed by atoms with E-state index in [0.717, 1.165) is 25.7 Å². The van der Waals surface area contributed by atoms with Crippen molar-refractivity contribution >= 4 is 5.91 Å².